The standard InChI is InChI=1S/C14H18N4O3/c19-13-7-10(8-16-13)14(20)17-11-1-2-12(15-9-11)18-3-5-21-6-4-18/h1-2,9-10H,3-8H2,(H,16,19)(H,17,20). The van der Waals surface area contributed by atoms with Crippen molar-refractivity contribution in [3.63, 3.8) is 0 Å². The molecule has 7 heteroatoms. The minimum absolute atomic E-state index is 0.0732. The Morgan fingerprint density at radius 1 is 1.38 bits per heavy atom. The first kappa shape index (κ1) is 13.8. The third kappa shape index (κ3) is 3.30. The second-order valence-corrected chi connectivity index (χ2v) is 5.20. The number of anilines is 2. The molecule has 1 unspecified atom stereocenters. The molecule has 2 aliphatic rings. The summed E-state index contributed by atoms with van der Waals surface area (Å²) in [5, 5.41) is 5.45. The van der Waals surface area contributed by atoms with Crippen LogP contribution in [0.3, 0.4) is 0 Å². The molecule has 7 nitrogen and oxygen atoms in total. The Bertz CT molecular complexity index is 526. The minimum atomic E-state index is -0.295. The van der Waals surface area contributed by atoms with Gasteiger partial charge in [0.1, 0.15) is 5.82 Å². The normalized spacial score (nSPS) is 22.0. The van der Waals surface area contributed by atoms with Gasteiger partial charge in [-0.1, -0.05) is 0 Å². The fourth-order valence-electron chi connectivity index (χ4n) is 2.47. The SMILES string of the molecule is O=C1CC(C(=O)Nc2ccc(N3CCOCC3)nc2)CN1. The first-order valence-electron chi connectivity index (χ1n) is 7.09. The molecule has 21 heavy (non-hydrogen) atoms. The summed E-state index contributed by atoms with van der Waals surface area (Å²) in [6, 6.07) is 3.72. The van der Waals surface area contributed by atoms with Crippen LogP contribution in [0.1, 0.15) is 6.42 Å². The van der Waals surface area contributed by atoms with Crippen LogP contribution in [0.15, 0.2) is 18.3 Å². The maximum Gasteiger partial charge on any atom is 0.229 e. The number of carbonyl (C=O) groups excluding carboxylic acids is 2. The number of nitrogens with one attached hydrogen (secondary N) is 2. The Balaban J connectivity index is 1.59. The van der Waals surface area contributed by atoms with E-state index in [2.05, 4.69) is 20.5 Å². The lowest BCUT2D eigenvalue weighted by Gasteiger charge is -2.27. The third-order valence-electron chi connectivity index (χ3n) is 3.70. The molecule has 1 aromatic heterocycles. The second kappa shape index (κ2) is 6.09. The summed E-state index contributed by atoms with van der Waals surface area (Å²) >= 11 is 0. The Hall–Kier alpha value is -2.15. The summed E-state index contributed by atoms with van der Waals surface area (Å²) < 4.78 is 5.30. The zero-order valence-corrected chi connectivity index (χ0v) is 11.7. The largest absolute Gasteiger partial charge is 0.378 e. The van der Waals surface area contributed by atoms with Crippen LogP contribution in [0, 0.1) is 5.92 Å². The molecule has 112 valence electrons. The quantitative estimate of drug-likeness (QED) is 0.818. The lowest BCUT2D eigenvalue weighted by Crippen LogP contribution is -2.36. The Morgan fingerprint density at radius 3 is 2.81 bits per heavy atom. The lowest BCUT2D eigenvalue weighted by atomic mass is 10.1. The molecule has 1 atom stereocenters. The molecule has 1 aromatic rings. The van der Waals surface area contributed by atoms with Crippen LogP contribution >= 0.6 is 0 Å². The van der Waals surface area contributed by atoms with Crippen molar-refractivity contribution < 1.29 is 14.3 Å². The van der Waals surface area contributed by atoms with Crippen LogP contribution in [-0.2, 0) is 14.3 Å². The summed E-state index contributed by atoms with van der Waals surface area (Å²) in [5.74, 6) is 0.371. The van der Waals surface area contributed by atoms with Crippen LogP contribution in [0.5, 0.6) is 0 Å². The van der Waals surface area contributed by atoms with E-state index in [1.807, 2.05) is 12.1 Å². The number of aromatic nitrogens is 1. The molecule has 0 aromatic carbocycles. The average Bonchev–Trinajstić information content (AvgIpc) is 2.96. The Kier molecular flexibility index (Phi) is 4.01. The molecule has 0 bridgehead atoms. The van der Waals surface area contributed by atoms with Crippen molar-refractivity contribution in [2.24, 2.45) is 5.92 Å². The number of hydrogen-bond donors (Lipinski definition) is 2. The molecule has 3 heterocycles. The highest BCUT2D eigenvalue weighted by Crippen LogP contribution is 2.17. The lowest BCUT2D eigenvalue weighted by molar-refractivity contribution is -0.123. The van der Waals surface area contributed by atoms with E-state index < -0.39 is 0 Å². The van der Waals surface area contributed by atoms with Crippen LogP contribution in [0.25, 0.3) is 0 Å². The first-order valence-corrected chi connectivity index (χ1v) is 7.09. The third-order valence-corrected chi connectivity index (χ3v) is 3.70. The summed E-state index contributed by atoms with van der Waals surface area (Å²) in [6.07, 6.45) is 1.90. The van der Waals surface area contributed by atoms with Crippen molar-refractivity contribution in [1.82, 2.24) is 10.3 Å². The number of hydrogen-bond acceptors (Lipinski definition) is 5. The van der Waals surface area contributed by atoms with Crippen LogP contribution < -0.4 is 15.5 Å². The number of ether oxygens (including phenoxy) is 1. The molecule has 0 radical (unpaired) electrons. The van der Waals surface area contributed by atoms with Gasteiger partial charge in [0, 0.05) is 26.1 Å². The number of nitrogens with zero attached hydrogens (tertiary/aromatic N) is 2. The van der Waals surface area contributed by atoms with E-state index in [0.717, 1.165) is 18.9 Å². The maximum absolute atomic E-state index is 12.0. The van der Waals surface area contributed by atoms with E-state index in [0.29, 0.717) is 25.4 Å². The van der Waals surface area contributed by atoms with Crippen molar-refractivity contribution in [3.05, 3.63) is 18.3 Å². The van der Waals surface area contributed by atoms with Crippen LogP contribution in [-0.4, -0.2) is 49.6 Å². The number of pyridine rings is 1. The van der Waals surface area contributed by atoms with Gasteiger partial charge in [-0.25, -0.2) is 4.98 Å². The van der Waals surface area contributed by atoms with Gasteiger partial charge in [-0.2, -0.15) is 0 Å². The van der Waals surface area contributed by atoms with Gasteiger partial charge in [-0.3, -0.25) is 9.59 Å². The summed E-state index contributed by atoms with van der Waals surface area (Å²) in [6.45, 7) is 3.48. The summed E-state index contributed by atoms with van der Waals surface area (Å²) in [5.41, 5.74) is 0.649. The Morgan fingerprint density at radius 2 is 2.19 bits per heavy atom. The molecule has 2 amide bonds. The predicted molar refractivity (Wildman–Crippen MR) is 77.0 cm³/mol. The van der Waals surface area contributed by atoms with E-state index in [-0.39, 0.29) is 24.2 Å². The van der Waals surface area contributed by atoms with Gasteiger partial charge in [-0.05, 0) is 12.1 Å². The Labute approximate surface area is 122 Å². The van der Waals surface area contributed by atoms with E-state index >= 15 is 0 Å². The smallest absolute Gasteiger partial charge is 0.229 e. The van der Waals surface area contributed by atoms with Crippen molar-refractivity contribution in [2.45, 2.75) is 6.42 Å². The summed E-state index contributed by atoms with van der Waals surface area (Å²) in [4.78, 5) is 29.6. The molecule has 2 saturated heterocycles. The molecular formula is C14H18N4O3. The molecule has 0 saturated carbocycles. The van der Waals surface area contributed by atoms with Gasteiger partial charge in [0.05, 0.1) is 31.0 Å². The number of amides is 2. The summed E-state index contributed by atoms with van der Waals surface area (Å²) in [7, 11) is 0. The highest BCUT2D eigenvalue weighted by Gasteiger charge is 2.27. The first-order chi connectivity index (χ1) is 10.2. The molecule has 2 N–H and O–H groups in total. The molecule has 3 rings (SSSR count). The fraction of sp³-hybridized carbons (Fsp3) is 0.500. The van der Waals surface area contributed by atoms with Gasteiger partial charge < -0.3 is 20.3 Å². The van der Waals surface area contributed by atoms with Crippen LogP contribution in [0.2, 0.25) is 0 Å². The predicted octanol–water partition coefficient (Wildman–Crippen LogP) is -0.00720. The minimum Gasteiger partial charge on any atom is -0.378 e. The fourth-order valence-corrected chi connectivity index (χ4v) is 2.47. The molecule has 0 aliphatic carbocycles. The zero-order chi connectivity index (χ0) is 14.7. The molecule has 2 fully saturated rings. The number of carbonyl (C=O) groups is 2. The zero-order valence-electron chi connectivity index (χ0n) is 11.7. The van der Waals surface area contributed by atoms with Gasteiger partial charge in [0.25, 0.3) is 0 Å². The van der Waals surface area contributed by atoms with Gasteiger partial charge in [0.15, 0.2) is 0 Å². The second-order valence-electron chi connectivity index (χ2n) is 5.20. The van der Waals surface area contributed by atoms with Gasteiger partial charge in [-0.15, -0.1) is 0 Å². The van der Waals surface area contributed by atoms with E-state index in [9.17, 15) is 9.59 Å². The maximum atomic E-state index is 12.0. The topological polar surface area (TPSA) is 83.6 Å². The molecule has 2 aliphatic heterocycles. The number of rotatable bonds is 3. The van der Waals surface area contributed by atoms with Crippen molar-refractivity contribution in [1.29, 1.82) is 0 Å². The van der Waals surface area contributed by atoms with Crippen molar-refractivity contribution >= 4 is 23.3 Å². The van der Waals surface area contributed by atoms with E-state index in [1.54, 1.807) is 6.20 Å². The van der Waals surface area contributed by atoms with Gasteiger partial charge in [0.2, 0.25) is 11.8 Å². The van der Waals surface area contributed by atoms with Crippen LogP contribution in [0.4, 0.5) is 11.5 Å². The van der Waals surface area contributed by atoms with Crippen molar-refractivity contribution in [3.8, 4) is 0 Å². The molecular weight excluding hydrogens is 272 g/mol. The van der Waals surface area contributed by atoms with Gasteiger partial charge >= 0.3 is 0 Å². The average molecular weight is 290 g/mol. The highest BCUT2D eigenvalue weighted by atomic mass is 16.5. The number of morpholine rings is 1. The highest BCUT2D eigenvalue weighted by molar-refractivity contribution is 5.97. The molecule has 0 spiro atoms. The van der Waals surface area contributed by atoms with E-state index in [4.69, 9.17) is 4.74 Å². The van der Waals surface area contributed by atoms with Crippen molar-refractivity contribution in [2.75, 3.05) is 43.1 Å². The monoisotopic (exact) mass is 290 g/mol. The van der Waals surface area contributed by atoms with E-state index in [1.165, 1.54) is 0 Å².